The van der Waals surface area contributed by atoms with Crippen molar-refractivity contribution in [3.05, 3.63) is 35.9 Å². The van der Waals surface area contributed by atoms with Crippen LogP contribution < -0.4 is 5.32 Å². The Morgan fingerprint density at radius 3 is 2.60 bits per heavy atom. The van der Waals surface area contributed by atoms with Crippen LogP contribution in [0.3, 0.4) is 0 Å². The lowest BCUT2D eigenvalue weighted by molar-refractivity contribution is 0.0936. The molecule has 3 heteroatoms. The lowest BCUT2D eigenvalue weighted by Crippen LogP contribution is -2.32. The largest absolute Gasteiger partial charge is 0.349 e. The maximum absolute atomic E-state index is 12.9. The summed E-state index contributed by atoms with van der Waals surface area (Å²) in [5.74, 6) is -0.102. The predicted octanol–water partition coefficient (Wildman–Crippen LogP) is 2.31. The minimum atomic E-state index is -0.744. The van der Waals surface area contributed by atoms with Crippen LogP contribution in [0.25, 0.3) is 0 Å². The van der Waals surface area contributed by atoms with Gasteiger partial charge in [-0.2, -0.15) is 0 Å². The first-order chi connectivity index (χ1) is 7.25. The molecule has 2 nitrogen and oxygen atoms in total. The molecule has 1 N–H and O–H groups in total. The van der Waals surface area contributed by atoms with E-state index < -0.39 is 6.17 Å². The van der Waals surface area contributed by atoms with Crippen molar-refractivity contribution in [2.45, 2.75) is 31.5 Å². The van der Waals surface area contributed by atoms with Crippen molar-refractivity contribution in [3.8, 4) is 0 Å². The summed E-state index contributed by atoms with van der Waals surface area (Å²) >= 11 is 0. The third-order valence-electron chi connectivity index (χ3n) is 2.74. The molecule has 1 aliphatic rings. The van der Waals surface area contributed by atoms with Crippen LogP contribution in [0.15, 0.2) is 30.3 Å². The molecule has 1 amide bonds. The molecule has 1 aromatic carbocycles. The normalized spacial score (nSPS) is 25.1. The van der Waals surface area contributed by atoms with E-state index in [4.69, 9.17) is 0 Å². The number of halogens is 1. The van der Waals surface area contributed by atoms with Crippen molar-refractivity contribution < 1.29 is 9.18 Å². The van der Waals surface area contributed by atoms with Crippen LogP contribution in [0.2, 0.25) is 0 Å². The van der Waals surface area contributed by atoms with Crippen LogP contribution in [0.1, 0.15) is 29.6 Å². The summed E-state index contributed by atoms with van der Waals surface area (Å²) in [5, 5.41) is 2.85. The Balaban J connectivity index is 1.93. The summed E-state index contributed by atoms with van der Waals surface area (Å²) in [5.41, 5.74) is 0.639. The second-order valence-electron chi connectivity index (χ2n) is 3.95. The molecular weight excluding hydrogens is 193 g/mol. The van der Waals surface area contributed by atoms with Gasteiger partial charge in [0, 0.05) is 11.6 Å². The maximum atomic E-state index is 12.9. The van der Waals surface area contributed by atoms with Crippen LogP contribution in [0, 0.1) is 0 Å². The fourth-order valence-electron chi connectivity index (χ4n) is 1.92. The van der Waals surface area contributed by atoms with E-state index in [1.54, 1.807) is 12.1 Å². The highest BCUT2D eigenvalue weighted by molar-refractivity contribution is 5.94. The highest BCUT2D eigenvalue weighted by Crippen LogP contribution is 2.21. The number of carbonyl (C=O) groups excluding carboxylic acids is 1. The van der Waals surface area contributed by atoms with Crippen LogP contribution in [0.4, 0.5) is 4.39 Å². The molecule has 1 saturated carbocycles. The summed E-state index contributed by atoms with van der Waals surface area (Å²) < 4.78 is 12.9. The number of nitrogens with one attached hydrogen (secondary N) is 1. The van der Waals surface area contributed by atoms with E-state index in [0.717, 1.165) is 6.42 Å². The Bertz CT molecular complexity index is 339. The third-order valence-corrected chi connectivity index (χ3v) is 2.74. The van der Waals surface area contributed by atoms with Gasteiger partial charge in [0.05, 0.1) is 0 Å². The Morgan fingerprint density at radius 1 is 1.27 bits per heavy atom. The molecule has 0 unspecified atom stereocenters. The molecule has 0 aliphatic heterocycles. The molecule has 1 aromatic rings. The summed E-state index contributed by atoms with van der Waals surface area (Å²) in [6.07, 6.45) is 1.03. The van der Waals surface area contributed by atoms with Crippen LogP contribution in [-0.2, 0) is 0 Å². The van der Waals surface area contributed by atoms with E-state index in [9.17, 15) is 9.18 Å². The fraction of sp³-hybridized carbons (Fsp3) is 0.417. The van der Waals surface area contributed by atoms with Crippen molar-refractivity contribution in [1.29, 1.82) is 0 Å². The first-order valence-electron chi connectivity index (χ1n) is 5.25. The quantitative estimate of drug-likeness (QED) is 0.792. The van der Waals surface area contributed by atoms with E-state index >= 15 is 0 Å². The first kappa shape index (κ1) is 10.1. The van der Waals surface area contributed by atoms with Crippen molar-refractivity contribution in [2.75, 3.05) is 0 Å². The van der Waals surface area contributed by atoms with Gasteiger partial charge in [-0.15, -0.1) is 0 Å². The summed E-state index contributed by atoms with van der Waals surface area (Å²) in [4.78, 5) is 11.7. The van der Waals surface area contributed by atoms with Crippen LogP contribution >= 0.6 is 0 Å². The lowest BCUT2D eigenvalue weighted by Gasteiger charge is -2.11. The second kappa shape index (κ2) is 4.43. The number of alkyl halides is 1. The van der Waals surface area contributed by atoms with Crippen LogP contribution in [0.5, 0.6) is 0 Å². The zero-order valence-electron chi connectivity index (χ0n) is 8.45. The van der Waals surface area contributed by atoms with E-state index in [-0.39, 0.29) is 11.9 Å². The monoisotopic (exact) mass is 207 g/mol. The molecule has 0 saturated heterocycles. The molecule has 0 aromatic heterocycles. The predicted molar refractivity (Wildman–Crippen MR) is 56.4 cm³/mol. The van der Waals surface area contributed by atoms with E-state index in [1.807, 2.05) is 18.2 Å². The maximum Gasteiger partial charge on any atom is 0.251 e. The molecule has 0 bridgehead atoms. The van der Waals surface area contributed by atoms with Gasteiger partial charge in [-0.1, -0.05) is 18.2 Å². The zero-order valence-corrected chi connectivity index (χ0v) is 8.45. The zero-order chi connectivity index (χ0) is 10.7. The SMILES string of the molecule is O=C(N[C@@H]1CC[C@@H](F)C1)c1ccccc1. The molecule has 2 rings (SSSR count). The van der Waals surface area contributed by atoms with Gasteiger partial charge in [-0.25, -0.2) is 4.39 Å². The topological polar surface area (TPSA) is 29.1 Å². The molecule has 1 aliphatic carbocycles. The van der Waals surface area contributed by atoms with Gasteiger partial charge in [0.1, 0.15) is 6.17 Å². The van der Waals surface area contributed by atoms with E-state index in [2.05, 4.69) is 5.32 Å². The number of hydrogen-bond donors (Lipinski definition) is 1. The summed E-state index contributed by atoms with van der Waals surface area (Å²) in [6.45, 7) is 0. The second-order valence-corrected chi connectivity index (χ2v) is 3.95. The number of hydrogen-bond acceptors (Lipinski definition) is 1. The van der Waals surface area contributed by atoms with Gasteiger partial charge in [-0.05, 0) is 31.4 Å². The van der Waals surface area contributed by atoms with Crippen molar-refractivity contribution >= 4 is 5.91 Å². The van der Waals surface area contributed by atoms with Gasteiger partial charge >= 0.3 is 0 Å². The Hall–Kier alpha value is -1.38. The summed E-state index contributed by atoms with van der Waals surface area (Å²) in [7, 11) is 0. The van der Waals surface area contributed by atoms with Crippen LogP contribution in [-0.4, -0.2) is 18.1 Å². The molecule has 15 heavy (non-hydrogen) atoms. The molecule has 80 valence electrons. The minimum absolute atomic E-state index is 0.00714. The smallest absolute Gasteiger partial charge is 0.251 e. The minimum Gasteiger partial charge on any atom is -0.349 e. The standard InChI is InChI=1S/C12H14FNO/c13-10-6-7-11(8-10)14-12(15)9-4-2-1-3-5-9/h1-5,10-11H,6-8H2,(H,14,15)/t10-,11-/m1/s1. The van der Waals surface area contributed by atoms with Crippen molar-refractivity contribution in [2.24, 2.45) is 0 Å². The average molecular weight is 207 g/mol. The Kier molecular flexibility index (Phi) is 2.99. The van der Waals surface area contributed by atoms with Gasteiger partial charge in [0.25, 0.3) is 5.91 Å². The molecule has 0 radical (unpaired) electrons. The summed E-state index contributed by atoms with van der Waals surface area (Å²) in [6, 6.07) is 9.04. The number of amides is 1. The van der Waals surface area contributed by atoms with Crippen molar-refractivity contribution in [3.63, 3.8) is 0 Å². The number of carbonyl (C=O) groups is 1. The lowest BCUT2D eigenvalue weighted by atomic mass is 10.2. The molecule has 0 heterocycles. The van der Waals surface area contributed by atoms with Gasteiger partial charge in [0.2, 0.25) is 0 Å². The highest BCUT2D eigenvalue weighted by Gasteiger charge is 2.25. The number of benzene rings is 1. The molecular formula is C12H14FNO. The first-order valence-corrected chi connectivity index (χ1v) is 5.25. The van der Waals surface area contributed by atoms with Gasteiger partial charge < -0.3 is 5.32 Å². The van der Waals surface area contributed by atoms with E-state index in [0.29, 0.717) is 18.4 Å². The molecule has 0 spiro atoms. The third kappa shape index (κ3) is 2.55. The van der Waals surface area contributed by atoms with Crippen molar-refractivity contribution in [1.82, 2.24) is 5.32 Å². The van der Waals surface area contributed by atoms with E-state index in [1.165, 1.54) is 0 Å². The molecule has 2 atom stereocenters. The van der Waals surface area contributed by atoms with Gasteiger partial charge in [0.15, 0.2) is 0 Å². The Morgan fingerprint density at radius 2 is 2.00 bits per heavy atom. The highest BCUT2D eigenvalue weighted by atomic mass is 19.1. The number of rotatable bonds is 2. The average Bonchev–Trinajstić information content (AvgIpc) is 2.65. The fourth-order valence-corrected chi connectivity index (χ4v) is 1.92. The molecule has 1 fully saturated rings. The Labute approximate surface area is 88.5 Å². The van der Waals surface area contributed by atoms with Gasteiger partial charge in [-0.3, -0.25) is 4.79 Å².